The number of aromatic nitrogens is 1. The molecule has 0 bridgehead atoms. The highest BCUT2D eigenvalue weighted by molar-refractivity contribution is 7.18. The summed E-state index contributed by atoms with van der Waals surface area (Å²) in [6.07, 6.45) is 0.922. The minimum absolute atomic E-state index is 0.174. The molecule has 0 aliphatic carbocycles. The van der Waals surface area contributed by atoms with Crippen LogP contribution in [0.2, 0.25) is 5.15 Å². The quantitative estimate of drug-likeness (QED) is 0.840. The zero-order valence-corrected chi connectivity index (χ0v) is 12.9. The molecule has 19 heavy (non-hydrogen) atoms. The van der Waals surface area contributed by atoms with E-state index in [1.54, 1.807) is 11.3 Å². The monoisotopic (exact) mass is 316 g/mol. The number of nitrogens with one attached hydrogen (secondary N) is 1. The summed E-state index contributed by atoms with van der Waals surface area (Å²) in [7, 11) is 1.33. The Morgan fingerprint density at radius 2 is 2.42 bits per heavy atom. The first-order valence-corrected chi connectivity index (χ1v) is 7.77. The Morgan fingerprint density at radius 3 is 3.00 bits per heavy atom. The molecule has 0 saturated carbocycles. The lowest BCUT2D eigenvalue weighted by molar-refractivity contribution is 0.0606. The number of carbonyl (C=O) groups excluding carboxylic acids is 1. The fourth-order valence-electron chi connectivity index (χ4n) is 1.59. The predicted octanol–water partition coefficient (Wildman–Crippen LogP) is 4.21. The molecule has 1 N–H and O–H groups in total. The molecule has 102 valence electrons. The number of esters is 1. The van der Waals surface area contributed by atoms with Crippen molar-refractivity contribution in [2.45, 2.75) is 19.4 Å². The van der Waals surface area contributed by atoms with Gasteiger partial charge in [0, 0.05) is 4.88 Å². The third-order valence-corrected chi connectivity index (χ3v) is 4.89. The number of nitrogens with zero attached hydrogens (tertiary/aromatic N) is 1. The van der Waals surface area contributed by atoms with E-state index in [1.165, 1.54) is 23.3 Å². The molecule has 7 heteroatoms. The smallest absolute Gasteiger partial charge is 0.351 e. The van der Waals surface area contributed by atoms with Crippen LogP contribution in [0.15, 0.2) is 17.5 Å². The third-order valence-electron chi connectivity index (χ3n) is 2.55. The van der Waals surface area contributed by atoms with Crippen LogP contribution < -0.4 is 5.32 Å². The van der Waals surface area contributed by atoms with Crippen molar-refractivity contribution in [3.8, 4) is 0 Å². The van der Waals surface area contributed by atoms with Crippen molar-refractivity contribution < 1.29 is 9.53 Å². The molecule has 0 radical (unpaired) electrons. The molecule has 2 aromatic heterocycles. The molecule has 0 aliphatic heterocycles. The Balaban J connectivity index is 2.17. The maximum atomic E-state index is 11.5. The van der Waals surface area contributed by atoms with E-state index in [9.17, 15) is 4.79 Å². The summed E-state index contributed by atoms with van der Waals surface area (Å²) in [6.45, 7) is 2.09. The van der Waals surface area contributed by atoms with Crippen molar-refractivity contribution in [2.75, 3.05) is 12.4 Å². The molecule has 0 aromatic carbocycles. The van der Waals surface area contributed by atoms with Crippen molar-refractivity contribution >= 4 is 45.4 Å². The Bertz CT molecular complexity index is 554. The minimum Gasteiger partial charge on any atom is -0.465 e. The molecule has 0 aliphatic rings. The van der Waals surface area contributed by atoms with Gasteiger partial charge in [0.25, 0.3) is 0 Å². The maximum absolute atomic E-state index is 11.5. The van der Waals surface area contributed by atoms with Gasteiger partial charge in [-0.15, -0.1) is 11.3 Å². The van der Waals surface area contributed by atoms with Crippen molar-refractivity contribution in [3.63, 3.8) is 0 Å². The first-order valence-electron chi connectivity index (χ1n) is 5.70. The van der Waals surface area contributed by atoms with Crippen LogP contribution in [0.5, 0.6) is 0 Å². The number of rotatable bonds is 5. The Hall–Kier alpha value is -1.11. The molecular weight excluding hydrogens is 304 g/mol. The number of ether oxygens (including phenoxy) is 1. The molecule has 2 aromatic rings. The van der Waals surface area contributed by atoms with Gasteiger partial charge in [0.15, 0.2) is 15.2 Å². The van der Waals surface area contributed by atoms with Crippen LogP contribution in [-0.4, -0.2) is 18.1 Å². The minimum atomic E-state index is -0.459. The number of methoxy groups -OCH3 is 1. The zero-order valence-electron chi connectivity index (χ0n) is 10.5. The standard InChI is InChI=1S/C12H13ClN2O2S2/c1-3-7(8-5-4-6-18-8)14-12-15-10(13)9(19-12)11(16)17-2/h4-7H,3H2,1-2H3,(H,14,15). The van der Waals surface area contributed by atoms with Crippen LogP contribution in [0.4, 0.5) is 5.13 Å². The zero-order chi connectivity index (χ0) is 13.8. The van der Waals surface area contributed by atoms with E-state index >= 15 is 0 Å². The number of anilines is 1. The SMILES string of the molecule is CCC(Nc1nc(Cl)c(C(=O)OC)s1)c1cccs1. The van der Waals surface area contributed by atoms with Gasteiger partial charge in [-0.3, -0.25) is 0 Å². The van der Waals surface area contributed by atoms with Crippen LogP contribution in [0, 0.1) is 0 Å². The summed E-state index contributed by atoms with van der Waals surface area (Å²) in [5, 5.41) is 6.14. The second-order valence-electron chi connectivity index (χ2n) is 3.75. The van der Waals surface area contributed by atoms with Gasteiger partial charge in [0.2, 0.25) is 0 Å². The molecule has 2 heterocycles. The fraction of sp³-hybridized carbons (Fsp3) is 0.333. The number of hydrogen-bond acceptors (Lipinski definition) is 6. The highest BCUT2D eigenvalue weighted by Gasteiger charge is 2.19. The highest BCUT2D eigenvalue weighted by atomic mass is 35.5. The first-order chi connectivity index (χ1) is 9.15. The average molecular weight is 317 g/mol. The third kappa shape index (κ3) is 3.26. The Labute approximate surface area is 124 Å². The number of hydrogen-bond donors (Lipinski definition) is 1. The van der Waals surface area contributed by atoms with Crippen molar-refractivity contribution in [3.05, 3.63) is 32.4 Å². The van der Waals surface area contributed by atoms with E-state index in [2.05, 4.69) is 28.0 Å². The lowest BCUT2D eigenvalue weighted by Gasteiger charge is -2.13. The Kier molecular flexibility index (Phi) is 4.79. The van der Waals surface area contributed by atoms with Gasteiger partial charge >= 0.3 is 5.97 Å². The van der Waals surface area contributed by atoms with Gasteiger partial charge in [-0.05, 0) is 17.9 Å². The first kappa shape index (κ1) is 14.3. The van der Waals surface area contributed by atoms with Crippen LogP contribution >= 0.6 is 34.3 Å². The van der Waals surface area contributed by atoms with E-state index in [0.717, 1.165) is 6.42 Å². The fourth-order valence-corrected chi connectivity index (χ4v) is 3.61. The van der Waals surface area contributed by atoms with E-state index in [1.807, 2.05) is 11.4 Å². The molecule has 2 rings (SSSR count). The van der Waals surface area contributed by atoms with Crippen molar-refractivity contribution in [1.82, 2.24) is 4.98 Å². The van der Waals surface area contributed by atoms with Crippen LogP contribution in [0.1, 0.15) is 33.9 Å². The van der Waals surface area contributed by atoms with Gasteiger partial charge in [-0.25, -0.2) is 9.78 Å². The normalized spacial score (nSPS) is 12.2. The van der Waals surface area contributed by atoms with E-state index in [4.69, 9.17) is 11.6 Å². The number of carbonyl (C=O) groups is 1. The topological polar surface area (TPSA) is 51.2 Å². The van der Waals surface area contributed by atoms with Gasteiger partial charge in [0.05, 0.1) is 13.2 Å². The van der Waals surface area contributed by atoms with Gasteiger partial charge in [0.1, 0.15) is 0 Å². The number of thiophene rings is 1. The molecular formula is C12H13ClN2O2S2. The van der Waals surface area contributed by atoms with Crippen molar-refractivity contribution in [1.29, 1.82) is 0 Å². The Morgan fingerprint density at radius 1 is 1.63 bits per heavy atom. The highest BCUT2D eigenvalue weighted by Crippen LogP contribution is 2.32. The lowest BCUT2D eigenvalue weighted by Crippen LogP contribution is -2.07. The second kappa shape index (κ2) is 6.36. The maximum Gasteiger partial charge on any atom is 0.351 e. The second-order valence-corrected chi connectivity index (χ2v) is 6.09. The molecule has 0 fully saturated rings. The summed E-state index contributed by atoms with van der Waals surface area (Å²) < 4.78 is 4.66. The van der Waals surface area contributed by atoms with Crippen LogP contribution in [0.25, 0.3) is 0 Å². The molecule has 1 atom stereocenters. The van der Waals surface area contributed by atoms with Gasteiger partial charge < -0.3 is 10.1 Å². The number of thiazole rings is 1. The van der Waals surface area contributed by atoms with E-state index < -0.39 is 5.97 Å². The van der Waals surface area contributed by atoms with E-state index in [-0.39, 0.29) is 11.2 Å². The predicted molar refractivity (Wildman–Crippen MR) is 79.4 cm³/mol. The summed E-state index contributed by atoms with van der Waals surface area (Å²) in [5.74, 6) is -0.459. The summed E-state index contributed by atoms with van der Waals surface area (Å²) >= 11 is 8.83. The lowest BCUT2D eigenvalue weighted by atomic mass is 10.2. The summed E-state index contributed by atoms with van der Waals surface area (Å²) in [5.41, 5.74) is 0. The molecule has 4 nitrogen and oxygen atoms in total. The van der Waals surface area contributed by atoms with Crippen molar-refractivity contribution in [2.24, 2.45) is 0 Å². The largest absolute Gasteiger partial charge is 0.465 e. The van der Waals surface area contributed by atoms with Gasteiger partial charge in [-0.1, -0.05) is 35.9 Å². The van der Waals surface area contributed by atoms with Crippen LogP contribution in [-0.2, 0) is 4.74 Å². The summed E-state index contributed by atoms with van der Waals surface area (Å²) in [4.78, 5) is 17.2. The number of halogens is 1. The van der Waals surface area contributed by atoms with E-state index in [0.29, 0.717) is 10.0 Å². The van der Waals surface area contributed by atoms with Gasteiger partial charge in [-0.2, -0.15) is 0 Å². The molecule has 1 unspecified atom stereocenters. The molecule has 0 saturated heterocycles. The average Bonchev–Trinajstić information content (AvgIpc) is 3.04. The van der Waals surface area contributed by atoms with Crippen LogP contribution in [0.3, 0.4) is 0 Å². The molecule has 0 amide bonds. The molecule has 0 spiro atoms. The summed E-state index contributed by atoms with van der Waals surface area (Å²) in [6, 6.07) is 4.26.